The van der Waals surface area contributed by atoms with E-state index in [2.05, 4.69) is 31.3 Å². The second-order valence-corrected chi connectivity index (χ2v) is 4.34. The minimum absolute atomic E-state index is 0.0532. The maximum atomic E-state index is 10.9. The number of guanidine groups is 2. The van der Waals surface area contributed by atoms with E-state index in [1.807, 2.05) is 35.1 Å². The Bertz CT molecular complexity index is 310. The van der Waals surface area contributed by atoms with Crippen molar-refractivity contribution in [1.82, 2.24) is 31.1 Å². The number of carbonyl (C=O) groups excluding carboxylic acids is 1. The van der Waals surface area contributed by atoms with E-state index in [1.165, 1.54) is 0 Å². The summed E-state index contributed by atoms with van der Waals surface area (Å²) in [5.74, 6) is 1.61. The minimum atomic E-state index is 0.0532. The lowest BCUT2D eigenvalue weighted by Crippen LogP contribution is -2.35. The summed E-state index contributed by atoms with van der Waals surface area (Å²) in [6, 6.07) is 0.0532. The van der Waals surface area contributed by atoms with Crippen molar-refractivity contribution in [1.29, 1.82) is 0 Å². The number of urea groups is 1. The topological polar surface area (TPSA) is 96.4 Å². The van der Waals surface area contributed by atoms with E-state index in [0.717, 1.165) is 18.5 Å². The third-order valence-electron chi connectivity index (χ3n) is 2.58. The molecule has 0 aliphatic heterocycles. The fraction of sp³-hybridized carbons (Fsp3) is 0.786. The summed E-state index contributed by atoms with van der Waals surface area (Å²) in [7, 11) is 16.0. The Hall–Kier alpha value is -2.19. The van der Waals surface area contributed by atoms with Gasteiger partial charge >= 0.3 is 6.03 Å². The first kappa shape index (κ1) is 25.7. The molecule has 0 aliphatic carbocycles. The smallest absolute Gasteiger partial charge is 0.319 e. The zero-order chi connectivity index (χ0) is 18.8. The van der Waals surface area contributed by atoms with Crippen LogP contribution >= 0.6 is 0 Å². The number of hydrogen-bond donors (Lipinski definition) is 4. The van der Waals surface area contributed by atoms with Crippen LogP contribution in [0.1, 0.15) is 6.92 Å². The molecule has 0 aromatic heterocycles. The maximum absolute atomic E-state index is 10.9. The molecule has 2 amide bonds. The normalized spacial score (nSPS) is 7.91. The molecule has 138 valence electrons. The molecule has 0 fully saturated rings. The van der Waals surface area contributed by atoms with Gasteiger partial charge in [-0.3, -0.25) is 9.98 Å². The molecule has 0 aromatic rings. The number of nitrogens with zero attached hydrogens (tertiary/aromatic N) is 4. The SMILES string of the molecule is CCN(C)C(=O)N(C)C.CN=C(NC)NC.CN=C(NC)NC. The fourth-order valence-electron chi connectivity index (χ4n) is 1.17. The Labute approximate surface area is 141 Å². The first-order valence-corrected chi connectivity index (χ1v) is 7.36. The zero-order valence-corrected chi connectivity index (χ0v) is 16.4. The molecule has 0 saturated heterocycles. The van der Waals surface area contributed by atoms with Crippen molar-refractivity contribution in [3.63, 3.8) is 0 Å². The third-order valence-corrected chi connectivity index (χ3v) is 2.58. The van der Waals surface area contributed by atoms with Gasteiger partial charge in [-0.1, -0.05) is 0 Å². The molecule has 0 rings (SSSR count). The summed E-state index contributed by atoms with van der Waals surface area (Å²) >= 11 is 0. The van der Waals surface area contributed by atoms with Crippen molar-refractivity contribution in [2.75, 3.05) is 70.0 Å². The second kappa shape index (κ2) is 17.9. The number of nitrogens with one attached hydrogen (secondary N) is 4. The number of aliphatic imine (C=N–C) groups is 2. The lowest BCUT2D eigenvalue weighted by molar-refractivity contribution is 0.184. The van der Waals surface area contributed by atoms with E-state index in [9.17, 15) is 4.79 Å². The number of rotatable bonds is 1. The summed E-state index contributed by atoms with van der Waals surface area (Å²) in [5, 5.41) is 11.4. The molecule has 0 aliphatic rings. The summed E-state index contributed by atoms with van der Waals surface area (Å²) in [5.41, 5.74) is 0. The Morgan fingerprint density at radius 3 is 1.17 bits per heavy atom. The van der Waals surface area contributed by atoms with E-state index in [1.54, 1.807) is 45.0 Å². The van der Waals surface area contributed by atoms with Gasteiger partial charge in [-0.25, -0.2) is 4.79 Å². The van der Waals surface area contributed by atoms with E-state index in [-0.39, 0.29) is 6.03 Å². The zero-order valence-electron chi connectivity index (χ0n) is 16.4. The van der Waals surface area contributed by atoms with Gasteiger partial charge in [0.1, 0.15) is 0 Å². The highest BCUT2D eigenvalue weighted by atomic mass is 16.2. The van der Waals surface area contributed by atoms with Gasteiger partial charge in [-0.15, -0.1) is 0 Å². The van der Waals surface area contributed by atoms with Gasteiger partial charge in [0.15, 0.2) is 11.9 Å². The Morgan fingerprint density at radius 2 is 1.13 bits per heavy atom. The molecule has 0 aromatic carbocycles. The monoisotopic (exact) mass is 332 g/mol. The molecule has 9 heteroatoms. The molecule has 0 radical (unpaired) electrons. The summed E-state index contributed by atoms with van der Waals surface area (Å²) in [6.45, 7) is 2.71. The van der Waals surface area contributed by atoms with Crippen LogP contribution in [0.3, 0.4) is 0 Å². The van der Waals surface area contributed by atoms with Crippen LogP contribution in [-0.2, 0) is 0 Å². The standard InChI is InChI=1S/C6H14N2O.2C4H11N3/c1-5-8(4)6(9)7(2)3;2*1-5-4(6-2)7-3/h5H2,1-4H3;2*1-3H3,(H2,5,6,7). The molecule has 9 nitrogen and oxygen atoms in total. The van der Waals surface area contributed by atoms with Crippen molar-refractivity contribution < 1.29 is 4.79 Å². The van der Waals surface area contributed by atoms with Crippen LogP contribution < -0.4 is 21.3 Å². The number of hydrogen-bond acceptors (Lipinski definition) is 3. The van der Waals surface area contributed by atoms with Crippen LogP contribution in [0.5, 0.6) is 0 Å². The van der Waals surface area contributed by atoms with Crippen molar-refractivity contribution in [2.24, 2.45) is 9.98 Å². The van der Waals surface area contributed by atoms with E-state index in [0.29, 0.717) is 0 Å². The van der Waals surface area contributed by atoms with Crippen molar-refractivity contribution >= 4 is 18.0 Å². The fourth-order valence-corrected chi connectivity index (χ4v) is 1.17. The first-order valence-electron chi connectivity index (χ1n) is 7.36. The molecule has 0 heterocycles. The van der Waals surface area contributed by atoms with Crippen molar-refractivity contribution in [3.8, 4) is 0 Å². The Balaban J connectivity index is -0.000000264. The van der Waals surface area contributed by atoms with Crippen LogP contribution in [0.2, 0.25) is 0 Å². The average molecular weight is 332 g/mol. The highest BCUT2D eigenvalue weighted by Crippen LogP contribution is 1.87. The number of amides is 2. The van der Waals surface area contributed by atoms with E-state index in [4.69, 9.17) is 0 Å². The second-order valence-electron chi connectivity index (χ2n) is 4.34. The molecule has 4 N–H and O–H groups in total. The van der Waals surface area contributed by atoms with Gasteiger partial charge in [0.2, 0.25) is 0 Å². The molecule has 0 spiro atoms. The predicted octanol–water partition coefficient (Wildman–Crippen LogP) is -0.558. The molecule has 0 bridgehead atoms. The van der Waals surface area contributed by atoms with Gasteiger partial charge in [0.05, 0.1) is 0 Å². The third kappa shape index (κ3) is 16.0. The van der Waals surface area contributed by atoms with Gasteiger partial charge in [-0.2, -0.15) is 0 Å². The van der Waals surface area contributed by atoms with E-state index < -0.39 is 0 Å². The quantitative estimate of drug-likeness (QED) is 0.381. The van der Waals surface area contributed by atoms with Crippen LogP contribution in [0.15, 0.2) is 9.98 Å². The molecule has 0 atom stereocenters. The van der Waals surface area contributed by atoms with Gasteiger partial charge in [0, 0.05) is 70.0 Å². The lowest BCUT2D eigenvalue weighted by Gasteiger charge is -2.19. The highest BCUT2D eigenvalue weighted by Gasteiger charge is 2.06. The average Bonchev–Trinajstić information content (AvgIpc) is 2.57. The van der Waals surface area contributed by atoms with E-state index >= 15 is 0 Å². The van der Waals surface area contributed by atoms with Crippen LogP contribution in [0.4, 0.5) is 4.79 Å². The van der Waals surface area contributed by atoms with Crippen LogP contribution in [-0.4, -0.2) is 97.7 Å². The minimum Gasteiger partial charge on any atom is -0.359 e. The lowest BCUT2D eigenvalue weighted by atomic mass is 10.6. The van der Waals surface area contributed by atoms with Crippen molar-refractivity contribution in [2.45, 2.75) is 6.92 Å². The Morgan fingerprint density at radius 1 is 0.826 bits per heavy atom. The highest BCUT2D eigenvalue weighted by molar-refractivity contribution is 5.79. The van der Waals surface area contributed by atoms with Gasteiger partial charge in [0.25, 0.3) is 0 Å². The van der Waals surface area contributed by atoms with Crippen LogP contribution in [0.25, 0.3) is 0 Å². The largest absolute Gasteiger partial charge is 0.359 e. The molecule has 0 unspecified atom stereocenters. The molecular weight excluding hydrogens is 296 g/mol. The summed E-state index contributed by atoms with van der Waals surface area (Å²) < 4.78 is 0. The van der Waals surface area contributed by atoms with Crippen molar-refractivity contribution in [3.05, 3.63) is 0 Å². The maximum Gasteiger partial charge on any atom is 0.319 e. The molecular formula is C14H36N8O. The molecule has 23 heavy (non-hydrogen) atoms. The summed E-state index contributed by atoms with van der Waals surface area (Å²) in [6.07, 6.45) is 0. The summed E-state index contributed by atoms with van der Waals surface area (Å²) in [4.78, 5) is 21.8. The van der Waals surface area contributed by atoms with Gasteiger partial charge in [-0.05, 0) is 6.92 Å². The first-order chi connectivity index (χ1) is 10.8. The van der Waals surface area contributed by atoms with Gasteiger partial charge < -0.3 is 31.1 Å². The Kier molecular flexibility index (Phi) is 20.0. The van der Waals surface area contributed by atoms with Crippen LogP contribution in [0, 0.1) is 0 Å². The molecule has 0 saturated carbocycles. The number of carbonyl (C=O) groups is 1. The predicted molar refractivity (Wildman–Crippen MR) is 100 cm³/mol.